The molecule has 4 aliphatic carbocycles. The molecule has 4 fully saturated rings. The number of esters is 6. The van der Waals surface area contributed by atoms with Crippen LogP contribution in [-0.4, -0.2) is 163 Å². The topological polar surface area (TPSA) is 269 Å². The standard InChI is InChI=1S/C21H40O6.C18H26F3NO5S.C17H34O2.C14H32O3Si2.C10H20O4.K/c1-10-20(6,7)18(22)26-13-16(4)24-12-15(3)25-14-17(5)27-19(23)21(8,9)11-2;1-4-15(2,3)14(24)27-17-8-11-5-12(9-17)7-16(6-11,10-17)13(23)22-28(25,26)18(19,20)21;1-4-6-7-8-9-10-11-12-13-14-15-19-17(18)16(3)5-2;1-9-14(2,3)13(15)16-11-10-12-19(7,8)17-18(4,5)6;1-4-9(2)10(11)14-8-7-13-6-5-12-3;/h15-17H,10-14H2,1-9H3;11-12H,4-10H2,1-3H3,(H,22,23);16H,4-15H2,1-3H3;9-12H2,1-8H3;9H,4-8H2,1-3H3;/q;;;;;+1/p-1. The average Bonchev–Trinajstić information content (AvgIpc) is 0.714. The van der Waals surface area contributed by atoms with Crippen LogP contribution in [-0.2, 0) is 95.1 Å². The molecular formula is C80H151F3KNO20SSi2. The Labute approximate surface area is 697 Å². The van der Waals surface area contributed by atoms with Gasteiger partial charge in [0, 0.05) is 12.5 Å². The van der Waals surface area contributed by atoms with Crippen LogP contribution < -0.4 is 51.4 Å². The van der Waals surface area contributed by atoms with Crippen molar-refractivity contribution in [2.45, 2.75) is 354 Å². The predicted molar refractivity (Wildman–Crippen MR) is 421 cm³/mol. The summed E-state index contributed by atoms with van der Waals surface area (Å²) in [5, 5.41) is 0. The van der Waals surface area contributed by atoms with E-state index < -0.39 is 71.3 Å². The van der Waals surface area contributed by atoms with Crippen molar-refractivity contribution in [1.29, 1.82) is 0 Å². The van der Waals surface area contributed by atoms with E-state index in [2.05, 4.69) is 44.4 Å². The summed E-state index contributed by atoms with van der Waals surface area (Å²) in [5.74, 6) is -2.30. The summed E-state index contributed by atoms with van der Waals surface area (Å²) in [5.41, 5.74) is -9.88. The number of ether oxygens (including phenoxy) is 10. The van der Waals surface area contributed by atoms with Crippen LogP contribution >= 0.6 is 0 Å². The number of methoxy groups -OCH3 is 1. The van der Waals surface area contributed by atoms with Crippen LogP contribution in [0.2, 0.25) is 38.8 Å². The first kappa shape index (κ1) is 110. The molecule has 4 aliphatic rings. The zero-order valence-corrected chi connectivity index (χ0v) is 78.5. The van der Waals surface area contributed by atoms with Gasteiger partial charge >= 0.3 is 92.7 Å². The Morgan fingerprint density at radius 1 is 0.500 bits per heavy atom. The van der Waals surface area contributed by atoms with E-state index in [0.29, 0.717) is 72.1 Å². The molecule has 0 aliphatic heterocycles. The van der Waals surface area contributed by atoms with Crippen LogP contribution in [0, 0.1) is 50.7 Å². The number of rotatable bonds is 47. The van der Waals surface area contributed by atoms with E-state index in [9.17, 15) is 55.2 Å². The van der Waals surface area contributed by atoms with Crippen LogP contribution in [0.25, 0.3) is 4.72 Å². The monoisotopic (exact) mass is 1630 g/mol. The first-order valence-electron chi connectivity index (χ1n) is 40.0. The molecule has 1 amide bonds. The number of hydrogen-bond acceptors (Lipinski definition) is 20. The maximum absolute atomic E-state index is 12.7. The van der Waals surface area contributed by atoms with Gasteiger partial charge in [0.1, 0.15) is 24.9 Å². The van der Waals surface area contributed by atoms with Crippen molar-refractivity contribution in [3.05, 3.63) is 4.72 Å². The number of alkyl halides is 3. The van der Waals surface area contributed by atoms with Gasteiger partial charge in [-0.1, -0.05) is 120 Å². The molecule has 108 heavy (non-hydrogen) atoms. The number of nitrogens with zero attached hydrogens (tertiary/aromatic N) is 1. The number of sulfonamides is 1. The Morgan fingerprint density at radius 3 is 1.35 bits per heavy atom. The van der Waals surface area contributed by atoms with Gasteiger partial charge < -0.3 is 61.0 Å². The molecule has 0 N–H and O–H groups in total. The average molecular weight is 1630 g/mol. The van der Waals surface area contributed by atoms with Crippen molar-refractivity contribution in [2.75, 3.05) is 66.6 Å². The third kappa shape index (κ3) is 45.9. The largest absolute Gasteiger partial charge is 1.00 e. The van der Waals surface area contributed by atoms with Gasteiger partial charge in [0.05, 0.1) is 97.9 Å². The van der Waals surface area contributed by atoms with E-state index in [1.807, 2.05) is 118 Å². The number of carbonyl (C=O) groups excluding carboxylic acids is 7. The van der Waals surface area contributed by atoms with Gasteiger partial charge in [0.25, 0.3) is 0 Å². The van der Waals surface area contributed by atoms with Crippen molar-refractivity contribution in [3.8, 4) is 0 Å². The van der Waals surface area contributed by atoms with Gasteiger partial charge in [-0.25, -0.2) is 8.42 Å². The summed E-state index contributed by atoms with van der Waals surface area (Å²) in [6, 6.07) is 1.05. The summed E-state index contributed by atoms with van der Waals surface area (Å²) < 4.78 is 123. The van der Waals surface area contributed by atoms with Crippen LogP contribution in [0.15, 0.2) is 0 Å². The van der Waals surface area contributed by atoms with Crippen molar-refractivity contribution in [2.24, 2.45) is 50.7 Å². The maximum atomic E-state index is 12.7. The Bertz CT molecular complexity index is 2660. The fourth-order valence-corrected chi connectivity index (χ4v) is 20.3. The van der Waals surface area contributed by atoms with Gasteiger partial charge in [-0.05, 0) is 217 Å². The first-order valence-corrected chi connectivity index (χ1v) is 48.0. The Kier molecular flexibility index (Phi) is 55.0. The molecule has 0 aromatic rings. The SMILES string of the molecule is CCC(C)(C)C(=O)OC12CC3CC(C1)CC(C(=O)[N-]S(=O)(=O)C(F)(F)F)(C3)C2.CCC(C)(C)C(=O)OCC(C)OCC(C)OCC(C)OC(=O)C(C)(C)CC.CCC(C)(C)C(=O)OCCC[Si](C)(C)O[Si](C)(C)C.CCC(C)C(=O)OCCOCCOC.CCCCCCCCCCCCOC(=O)C(C)CC.[K+]. The Hall–Kier alpha value is -2.10. The third-order valence-electron chi connectivity index (χ3n) is 20.4. The van der Waals surface area contributed by atoms with Gasteiger partial charge in [0.2, 0.25) is 0 Å². The molecule has 7 atom stereocenters. The number of amides is 1. The van der Waals surface area contributed by atoms with Crippen molar-refractivity contribution < 1.29 is 158 Å². The minimum atomic E-state index is -5.89. The Balaban J connectivity index is -0.00000130. The zero-order valence-electron chi connectivity index (χ0n) is 72.5. The molecule has 28 heteroatoms. The van der Waals surface area contributed by atoms with Gasteiger partial charge in [-0.3, -0.25) is 28.8 Å². The molecular weight excluding hydrogens is 1480 g/mol. The maximum Gasteiger partial charge on any atom is 1.00 e. The molecule has 0 aromatic carbocycles. The molecule has 0 heterocycles. The van der Waals surface area contributed by atoms with Crippen molar-refractivity contribution in [3.63, 3.8) is 0 Å². The normalized spacial score (nSPS) is 19.2. The van der Waals surface area contributed by atoms with Crippen LogP contribution in [0.4, 0.5) is 13.2 Å². The molecule has 0 spiro atoms. The molecule has 4 rings (SSSR count). The summed E-state index contributed by atoms with van der Waals surface area (Å²) in [6.07, 6.45) is 20.4. The van der Waals surface area contributed by atoms with E-state index >= 15 is 0 Å². The first-order chi connectivity index (χ1) is 49.3. The summed E-state index contributed by atoms with van der Waals surface area (Å²) >= 11 is 0. The number of halogens is 3. The number of carbonyl (C=O) groups is 7. The van der Waals surface area contributed by atoms with Crippen LogP contribution in [0.3, 0.4) is 0 Å². The molecule has 0 radical (unpaired) electrons. The molecule has 0 aromatic heterocycles. The number of hydrogen-bond donors (Lipinski definition) is 0. The summed E-state index contributed by atoms with van der Waals surface area (Å²) in [7, 11) is -7.33. The van der Waals surface area contributed by atoms with Crippen LogP contribution in [0.5, 0.6) is 0 Å². The predicted octanol–water partition coefficient (Wildman–Crippen LogP) is 16.4. The van der Waals surface area contributed by atoms with E-state index in [1.54, 1.807) is 21.0 Å². The van der Waals surface area contributed by atoms with E-state index in [1.165, 1.54) is 57.8 Å². The third-order valence-corrected chi connectivity index (χ3v) is 27.6. The van der Waals surface area contributed by atoms with E-state index in [-0.39, 0.29) is 154 Å². The smallest absolute Gasteiger partial charge is 0.538 e. The van der Waals surface area contributed by atoms with E-state index in [4.69, 9.17) is 51.5 Å². The minimum Gasteiger partial charge on any atom is -0.538 e. The second kappa shape index (κ2) is 53.9. The summed E-state index contributed by atoms with van der Waals surface area (Å²) in [6.45, 7) is 53.3. The molecule has 0 saturated heterocycles. The molecule has 21 nitrogen and oxygen atoms in total. The molecule has 4 bridgehead atoms. The van der Waals surface area contributed by atoms with Gasteiger partial charge in [-0.2, -0.15) is 13.2 Å². The molecule has 4 saturated carbocycles. The van der Waals surface area contributed by atoms with Gasteiger partial charge in [-0.15, -0.1) is 0 Å². The van der Waals surface area contributed by atoms with Crippen molar-refractivity contribution in [1.82, 2.24) is 0 Å². The molecule has 7 unspecified atom stereocenters. The fraction of sp³-hybridized carbons (Fsp3) is 0.912. The molecule has 632 valence electrons. The zero-order chi connectivity index (χ0) is 82.9. The van der Waals surface area contributed by atoms with E-state index in [0.717, 1.165) is 57.4 Å². The fourth-order valence-electron chi connectivity index (χ4n) is 11.7. The Morgan fingerprint density at radius 2 is 0.907 bits per heavy atom. The van der Waals surface area contributed by atoms with Crippen molar-refractivity contribution >= 4 is 68.4 Å². The minimum absolute atomic E-state index is 0. The summed E-state index contributed by atoms with van der Waals surface area (Å²) in [4.78, 5) is 83.7. The number of unbranched alkanes of at least 4 members (excludes halogenated alkanes) is 9. The quantitative estimate of drug-likeness (QED) is 0.0237. The van der Waals surface area contributed by atoms with Gasteiger partial charge in [0.15, 0.2) is 26.7 Å². The second-order valence-corrected chi connectivity index (χ2v) is 44.8. The van der Waals surface area contributed by atoms with Crippen LogP contribution in [0.1, 0.15) is 286 Å². The second-order valence-electron chi connectivity index (χ2n) is 34.1.